The predicted molar refractivity (Wildman–Crippen MR) is 72.5 cm³/mol. The molecule has 4 heteroatoms. The van der Waals surface area contributed by atoms with Crippen LogP contribution in [0.5, 0.6) is 0 Å². The molecule has 2 aromatic rings. The number of nitrogens with one attached hydrogen (secondary N) is 1. The molecule has 1 aliphatic heterocycles. The number of amides is 1. The molecule has 3 rings (SSSR count). The third-order valence-corrected chi connectivity index (χ3v) is 3.98. The van der Waals surface area contributed by atoms with Crippen LogP contribution in [-0.2, 0) is 4.79 Å². The van der Waals surface area contributed by atoms with Crippen LogP contribution in [0.15, 0.2) is 24.3 Å². The average Bonchev–Trinajstić information content (AvgIpc) is 2.81. The number of H-pyrrole nitrogens is 1. The van der Waals surface area contributed by atoms with Gasteiger partial charge in [0.05, 0.1) is 0 Å². The van der Waals surface area contributed by atoms with E-state index in [-0.39, 0.29) is 11.7 Å². The Kier molecular flexibility index (Phi) is 3.01. The third-order valence-electron chi connectivity index (χ3n) is 3.98. The number of nitrogens with zero attached hydrogens (tertiary/aromatic N) is 1. The molecule has 1 aromatic heterocycles. The molecule has 1 aromatic carbocycles. The minimum Gasteiger partial charge on any atom is -0.358 e. The van der Waals surface area contributed by atoms with E-state index in [2.05, 4.69) is 4.98 Å². The molecule has 0 unspecified atom stereocenters. The fourth-order valence-corrected chi connectivity index (χ4v) is 2.85. The van der Waals surface area contributed by atoms with Gasteiger partial charge in [-0.3, -0.25) is 4.79 Å². The van der Waals surface area contributed by atoms with Crippen molar-refractivity contribution in [3.05, 3.63) is 35.8 Å². The summed E-state index contributed by atoms with van der Waals surface area (Å²) in [5.41, 5.74) is 2.13. The minimum atomic E-state index is -0.204. The highest BCUT2D eigenvalue weighted by Gasteiger charge is 2.23. The second kappa shape index (κ2) is 4.68. The van der Waals surface area contributed by atoms with Crippen LogP contribution >= 0.6 is 0 Å². The number of benzene rings is 1. The Hall–Kier alpha value is -1.84. The van der Waals surface area contributed by atoms with Gasteiger partial charge in [-0.05, 0) is 37.1 Å². The number of rotatable bonds is 1. The SMILES string of the molecule is CC(=O)N1CCC(c2cc3cc(F)ccc3[nH]2)CC1. The number of aromatic amines is 1. The Morgan fingerprint density at radius 1 is 1.32 bits per heavy atom. The Labute approximate surface area is 111 Å². The second-order valence-corrected chi connectivity index (χ2v) is 5.24. The number of carbonyl (C=O) groups excluding carboxylic acids is 1. The molecule has 1 fully saturated rings. The summed E-state index contributed by atoms with van der Waals surface area (Å²) in [5, 5.41) is 0.920. The van der Waals surface area contributed by atoms with Crippen LogP contribution in [0, 0.1) is 5.82 Å². The Balaban J connectivity index is 1.80. The first kappa shape index (κ1) is 12.2. The number of hydrogen-bond acceptors (Lipinski definition) is 1. The van der Waals surface area contributed by atoms with Crippen LogP contribution in [0.2, 0.25) is 0 Å². The molecule has 1 N–H and O–H groups in total. The molecule has 0 radical (unpaired) electrons. The maximum Gasteiger partial charge on any atom is 0.219 e. The summed E-state index contributed by atoms with van der Waals surface area (Å²) in [7, 11) is 0. The molecule has 19 heavy (non-hydrogen) atoms. The Bertz CT molecular complexity index is 612. The van der Waals surface area contributed by atoms with Gasteiger partial charge in [0.25, 0.3) is 0 Å². The summed E-state index contributed by atoms with van der Waals surface area (Å²) < 4.78 is 13.2. The molecular formula is C15H17FN2O. The van der Waals surface area contributed by atoms with Gasteiger partial charge >= 0.3 is 0 Å². The zero-order chi connectivity index (χ0) is 13.4. The lowest BCUT2D eigenvalue weighted by molar-refractivity contribution is -0.129. The van der Waals surface area contributed by atoms with E-state index in [1.807, 2.05) is 11.0 Å². The highest BCUT2D eigenvalue weighted by atomic mass is 19.1. The molecule has 0 aliphatic carbocycles. The molecule has 0 bridgehead atoms. The lowest BCUT2D eigenvalue weighted by atomic mass is 9.93. The molecule has 0 spiro atoms. The van der Waals surface area contributed by atoms with Crippen molar-refractivity contribution in [2.75, 3.05) is 13.1 Å². The molecule has 0 saturated carbocycles. The number of aromatic nitrogens is 1. The van der Waals surface area contributed by atoms with Crippen LogP contribution in [0.25, 0.3) is 10.9 Å². The molecule has 1 amide bonds. The van der Waals surface area contributed by atoms with E-state index in [9.17, 15) is 9.18 Å². The van der Waals surface area contributed by atoms with Crippen molar-refractivity contribution in [1.29, 1.82) is 0 Å². The zero-order valence-corrected chi connectivity index (χ0v) is 10.9. The van der Waals surface area contributed by atoms with Gasteiger partial charge in [0.1, 0.15) is 5.82 Å². The van der Waals surface area contributed by atoms with Crippen LogP contribution < -0.4 is 0 Å². The van der Waals surface area contributed by atoms with E-state index >= 15 is 0 Å². The second-order valence-electron chi connectivity index (χ2n) is 5.24. The van der Waals surface area contributed by atoms with E-state index < -0.39 is 0 Å². The van der Waals surface area contributed by atoms with Gasteiger partial charge in [-0.2, -0.15) is 0 Å². The maximum absolute atomic E-state index is 13.2. The summed E-state index contributed by atoms with van der Waals surface area (Å²) in [4.78, 5) is 16.6. The highest BCUT2D eigenvalue weighted by Crippen LogP contribution is 2.30. The van der Waals surface area contributed by atoms with E-state index in [1.54, 1.807) is 19.1 Å². The normalized spacial score (nSPS) is 17.1. The van der Waals surface area contributed by atoms with Gasteiger partial charge in [-0.1, -0.05) is 0 Å². The van der Waals surface area contributed by atoms with Gasteiger partial charge in [0.2, 0.25) is 5.91 Å². The topological polar surface area (TPSA) is 36.1 Å². The number of halogens is 1. The number of carbonyl (C=O) groups is 1. The van der Waals surface area contributed by atoms with Gasteiger partial charge in [0.15, 0.2) is 0 Å². The van der Waals surface area contributed by atoms with E-state index in [0.29, 0.717) is 5.92 Å². The zero-order valence-electron chi connectivity index (χ0n) is 10.9. The number of fused-ring (bicyclic) bond motifs is 1. The van der Waals surface area contributed by atoms with Crippen molar-refractivity contribution in [2.24, 2.45) is 0 Å². The van der Waals surface area contributed by atoms with Crippen LogP contribution in [0.4, 0.5) is 4.39 Å². The molecule has 1 saturated heterocycles. The molecule has 3 nitrogen and oxygen atoms in total. The Morgan fingerprint density at radius 2 is 2.05 bits per heavy atom. The van der Waals surface area contributed by atoms with E-state index in [1.165, 1.54) is 6.07 Å². The van der Waals surface area contributed by atoms with Gasteiger partial charge in [-0.15, -0.1) is 0 Å². The van der Waals surface area contributed by atoms with Crippen molar-refractivity contribution >= 4 is 16.8 Å². The van der Waals surface area contributed by atoms with Crippen LogP contribution in [0.3, 0.4) is 0 Å². The minimum absolute atomic E-state index is 0.150. The monoisotopic (exact) mass is 260 g/mol. The summed E-state index contributed by atoms with van der Waals surface area (Å²) in [6.45, 7) is 3.24. The highest BCUT2D eigenvalue weighted by molar-refractivity contribution is 5.80. The van der Waals surface area contributed by atoms with E-state index in [0.717, 1.165) is 42.5 Å². The number of piperidine rings is 1. The fourth-order valence-electron chi connectivity index (χ4n) is 2.85. The first-order valence-electron chi connectivity index (χ1n) is 6.67. The largest absolute Gasteiger partial charge is 0.358 e. The lowest BCUT2D eigenvalue weighted by Gasteiger charge is -2.30. The third kappa shape index (κ3) is 2.35. The molecule has 0 atom stereocenters. The number of hydrogen-bond donors (Lipinski definition) is 1. The molecule has 1 aliphatic rings. The van der Waals surface area contributed by atoms with Gasteiger partial charge in [-0.25, -0.2) is 4.39 Å². The summed E-state index contributed by atoms with van der Waals surface area (Å²) in [6, 6.07) is 6.84. The summed E-state index contributed by atoms with van der Waals surface area (Å²) in [6.07, 6.45) is 1.93. The van der Waals surface area contributed by atoms with E-state index in [4.69, 9.17) is 0 Å². The maximum atomic E-state index is 13.2. The summed E-state index contributed by atoms with van der Waals surface area (Å²) in [5.74, 6) is 0.382. The fraction of sp³-hybridized carbons (Fsp3) is 0.400. The standard InChI is InChI=1S/C15H17FN2O/c1-10(19)18-6-4-11(5-7-18)15-9-12-8-13(16)2-3-14(12)17-15/h2-3,8-9,11,17H,4-7H2,1H3. The first-order chi connectivity index (χ1) is 9.13. The molecule has 100 valence electrons. The lowest BCUT2D eigenvalue weighted by Crippen LogP contribution is -2.36. The van der Waals surface area contributed by atoms with Crippen molar-refractivity contribution in [3.8, 4) is 0 Å². The van der Waals surface area contributed by atoms with Crippen LogP contribution in [-0.4, -0.2) is 28.9 Å². The smallest absolute Gasteiger partial charge is 0.219 e. The van der Waals surface area contributed by atoms with Crippen molar-refractivity contribution in [3.63, 3.8) is 0 Å². The first-order valence-corrected chi connectivity index (χ1v) is 6.67. The van der Waals surface area contributed by atoms with Crippen molar-refractivity contribution in [2.45, 2.75) is 25.7 Å². The van der Waals surface area contributed by atoms with Crippen molar-refractivity contribution in [1.82, 2.24) is 9.88 Å². The van der Waals surface area contributed by atoms with Gasteiger partial charge < -0.3 is 9.88 Å². The van der Waals surface area contributed by atoms with Crippen molar-refractivity contribution < 1.29 is 9.18 Å². The predicted octanol–water partition coefficient (Wildman–Crippen LogP) is 3.03. The molecule has 2 heterocycles. The average molecular weight is 260 g/mol. The Morgan fingerprint density at radius 3 is 2.74 bits per heavy atom. The summed E-state index contributed by atoms with van der Waals surface area (Å²) >= 11 is 0. The number of likely N-dealkylation sites (tertiary alicyclic amines) is 1. The van der Waals surface area contributed by atoms with Gasteiger partial charge in [0, 0.05) is 42.5 Å². The quantitative estimate of drug-likeness (QED) is 0.840. The van der Waals surface area contributed by atoms with Crippen LogP contribution in [0.1, 0.15) is 31.4 Å². The molecular weight excluding hydrogens is 243 g/mol.